The summed E-state index contributed by atoms with van der Waals surface area (Å²) >= 11 is 0. The monoisotopic (exact) mass is 293 g/mol. The lowest BCUT2D eigenvalue weighted by Crippen LogP contribution is -2.28. The second-order valence-electron chi connectivity index (χ2n) is 4.61. The number of hydrogen-bond donors (Lipinski definition) is 1. The maximum atomic E-state index is 11.1. The maximum Gasteiger partial charge on any atom is 0.328 e. The van der Waals surface area contributed by atoms with Gasteiger partial charge in [0.15, 0.2) is 5.75 Å². The van der Waals surface area contributed by atoms with Crippen LogP contribution in [0.15, 0.2) is 24.3 Å². The molecular formula is C14H15NO6. The molecule has 1 unspecified atom stereocenters. The van der Waals surface area contributed by atoms with Gasteiger partial charge in [-0.15, -0.1) is 0 Å². The number of hydrogen-bond acceptors (Lipinski definition) is 5. The van der Waals surface area contributed by atoms with Crippen molar-refractivity contribution in [1.82, 2.24) is 0 Å². The topological polar surface area (TPSA) is 98.9 Å². The van der Waals surface area contributed by atoms with Gasteiger partial charge in [0.25, 0.3) is 0 Å². The third-order valence-electron chi connectivity index (χ3n) is 3.01. The fraction of sp³-hybridized carbons (Fsp3) is 0.357. The van der Waals surface area contributed by atoms with Gasteiger partial charge in [-0.2, -0.15) is 0 Å². The van der Waals surface area contributed by atoms with Crippen LogP contribution in [0.3, 0.4) is 0 Å². The molecule has 1 fully saturated rings. The van der Waals surface area contributed by atoms with Gasteiger partial charge in [0.05, 0.1) is 11.5 Å². The van der Waals surface area contributed by atoms with Crippen LogP contribution in [0.2, 0.25) is 0 Å². The highest BCUT2D eigenvalue weighted by Crippen LogP contribution is 2.30. The molecule has 1 aliphatic heterocycles. The summed E-state index contributed by atoms with van der Waals surface area (Å²) in [6.07, 6.45) is 3.67. The zero-order valence-corrected chi connectivity index (χ0v) is 11.2. The molecule has 0 bridgehead atoms. The number of carboxylic acids is 1. The third-order valence-corrected chi connectivity index (χ3v) is 3.01. The Kier molecular flexibility index (Phi) is 4.89. The molecule has 0 amide bonds. The molecule has 0 saturated carbocycles. The fourth-order valence-electron chi connectivity index (χ4n) is 2.03. The Bertz CT molecular complexity index is 563. The van der Waals surface area contributed by atoms with Crippen LogP contribution in [-0.4, -0.2) is 35.3 Å². The van der Waals surface area contributed by atoms with Gasteiger partial charge in [-0.1, -0.05) is 6.07 Å². The van der Waals surface area contributed by atoms with E-state index in [0.29, 0.717) is 18.8 Å². The van der Waals surface area contributed by atoms with Crippen LogP contribution in [0.1, 0.15) is 18.4 Å². The summed E-state index contributed by atoms with van der Waals surface area (Å²) in [5.41, 5.74) is 0.240. The van der Waals surface area contributed by atoms with Crippen molar-refractivity contribution in [2.45, 2.75) is 18.9 Å². The van der Waals surface area contributed by atoms with Crippen molar-refractivity contribution in [2.24, 2.45) is 0 Å². The van der Waals surface area contributed by atoms with E-state index in [1.54, 1.807) is 6.07 Å². The van der Waals surface area contributed by atoms with E-state index in [0.717, 1.165) is 18.9 Å². The highest BCUT2D eigenvalue weighted by Gasteiger charge is 2.21. The lowest BCUT2D eigenvalue weighted by atomic mass is 10.1. The number of nitro groups is 1. The zero-order valence-electron chi connectivity index (χ0n) is 11.2. The molecule has 0 aliphatic carbocycles. The number of benzene rings is 1. The Hall–Kier alpha value is -2.41. The smallest absolute Gasteiger partial charge is 0.328 e. The molecule has 7 heteroatoms. The Balaban J connectivity index is 2.20. The normalized spacial score (nSPS) is 18.6. The fourth-order valence-corrected chi connectivity index (χ4v) is 2.03. The van der Waals surface area contributed by atoms with Gasteiger partial charge in [-0.3, -0.25) is 10.1 Å². The highest BCUT2D eigenvalue weighted by molar-refractivity contribution is 5.85. The van der Waals surface area contributed by atoms with Crippen molar-refractivity contribution in [1.29, 1.82) is 0 Å². The molecule has 1 aromatic carbocycles. The molecule has 1 atom stereocenters. The van der Waals surface area contributed by atoms with Crippen LogP contribution in [0.5, 0.6) is 5.75 Å². The van der Waals surface area contributed by atoms with E-state index >= 15 is 0 Å². The van der Waals surface area contributed by atoms with Crippen molar-refractivity contribution in [3.05, 3.63) is 40.0 Å². The predicted molar refractivity (Wildman–Crippen MR) is 74.2 cm³/mol. The molecule has 0 spiro atoms. The van der Waals surface area contributed by atoms with E-state index in [1.807, 2.05) is 0 Å². The molecule has 1 aliphatic rings. The van der Waals surface area contributed by atoms with E-state index in [-0.39, 0.29) is 17.5 Å². The Labute approximate surface area is 120 Å². The standard InChI is InChI=1S/C14H15NO6/c16-14(17)6-4-10-3-5-13(12(8-10)15(18)19)21-11-2-1-7-20-9-11/h3-6,8,11H,1-2,7,9H2,(H,16,17)/b6-4+. The van der Waals surface area contributed by atoms with Gasteiger partial charge in [-0.25, -0.2) is 4.79 Å². The van der Waals surface area contributed by atoms with Crippen LogP contribution in [0, 0.1) is 10.1 Å². The largest absolute Gasteiger partial charge is 0.481 e. The predicted octanol–water partition coefficient (Wildman–Crippen LogP) is 2.25. The molecule has 21 heavy (non-hydrogen) atoms. The second-order valence-corrected chi connectivity index (χ2v) is 4.61. The Morgan fingerprint density at radius 2 is 2.33 bits per heavy atom. The van der Waals surface area contributed by atoms with Gasteiger partial charge < -0.3 is 14.6 Å². The van der Waals surface area contributed by atoms with Gasteiger partial charge in [0.1, 0.15) is 6.10 Å². The minimum Gasteiger partial charge on any atom is -0.481 e. The minimum atomic E-state index is -1.11. The average molecular weight is 293 g/mol. The summed E-state index contributed by atoms with van der Waals surface area (Å²) < 4.78 is 10.9. The van der Waals surface area contributed by atoms with Crippen molar-refractivity contribution >= 4 is 17.7 Å². The number of rotatable bonds is 5. The maximum absolute atomic E-state index is 11.1. The first-order chi connectivity index (χ1) is 10.1. The van der Waals surface area contributed by atoms with Crippen LogP contribution in [-0.2, 0) is 9.53 Å². The highest BCUT2D eigenvalue weighted by atomic mass is 16.6. The Morgan fingerprint density at radius 1 is 1.52 bits per heavy atom. The van der Waals surface area contributed by atoms with Gasteiger partial charge >= 0.3 is 11.7 Å². The second kappa shape index (κ2) is 6.85. The molecule has 1 aromatic rings. The number of aliphatic carboxylic acids is 1. The van der Waals surface area contributed by atoms with E-state index in [2.05, 4.69) is 0 Å². The van der Waals surface area contributed by atoms with Crippen molar-refractivity contribution < 1.29 is 24.3 Å². The number of ether oxygens (including phenoxy) is 2. The molecule has 2 rings (SSSR count). The average Bonchev–Trinajstić information content (AvgIpc) is 2.47. The molecule has 7 nitrogen and oxygen atoms in total. The van der Waals surface area contributed by atoms with E-state index in [1.165, 1.54) is 18.2 Å². The van der Waals surface area contributed by atoms with E-state index in [4.69, 9.17) is 14.6 Å². The van der Waals surface area contributed by atoms with Crippen LogP contribution in [0.25, 0.3) is 6.08 Å². The molecule has 112 valence electrons. The lowest BCUT2D eigenvalue weighted by molar-refractivity contribution is -0.386. The van der Waals surface area contributed by atoms with Crippen molar-refractivity contribution in [3.8, 4) is 5.75 Å². The van der Waals surface area contributed by atoms with Gasteiger partial charge in [0.2, 0.25) is 0 Å². The van der Waals surface area contributed by atoms with Crippen molar-refractivity contribution in [2.75, 3.05) is 13.2 Å². The summed E-state index contributed by atoms with van der Waals surface area (Å²) in [6, 6.07) is 4.35. The first-order valence-corrected chi connectivity index (χ1v) is 6.50. The summed E-state index contributed by atoms with van der Waals surface area (Å²) in [4.78, 5) is 21.0. The summed E-state index contributed by atoms with van der Waals surface area (Å²) in [5, 5.41) is 19.7. The van der Waals surface area contributed by atoms with Gasteiger partial charge in [-0.05, 0) is 30.5 Å². The van der Waals surface area contributed by atoms with Gasteiger partial charge in [0, 0.05) is 18.7 Å². The number of carbonyl (C=O) groups is 1. The molecule has 1 saturated heterocycles. The summed E-state index contributed by atoms with van der Waals surface area (Å²) in [7, 11) is 0. The quantitative estimate of drug-likeness (QED) is 0.508. The lowest BCUT2D eigenvalue weighted by Gasteiger charge is -2.23. The first-order valence-electron chi connectivity index (χ1n) is 6.50. The molecule has 0 aromatic heterocycles. The van der Waals surface area contributed by atoms with E-state index < -0.39 is 10.9 Å². The van der Waals surface area contributed by atoms with Crippen LogP contribution >= 0.6 is 0 Å². The number of carboxylic acid groups (broad SMARTS) is 1. The Morgan fingerprint density at radius 3 is 2.95 bits per heavy atom. The van der Waals surface area contributed by atoms with Crippen molar-refractivity contribution in [3.63, 3.8) is 0 Å². The van der Waals surface area contributed by atoms with Crippen LogP contribution in [0.4, 0.5) is 5.69 Å². The molecular weight excluding hydrogens is 278 g/mol. The molecule has 0 radical (unpaired) electrons. The molecule has 1 heterocycles. The first kappa shape index (κ1) is 15.0. The summed E-state index contributed by atoms with van der Waals surface area (Å²) in [5.74, 6) is -0.944. The number of nitrogens with zero attached hydrogens (tertiary/aromatic N) is 1. The van der Waals surface area contributed by atoms with Crippen LogP contribution < -0.4 is 4.74 Å². The zero-order chi connectivity index (χ0) is 15.2. The SMILES string of the molecule is O=C(O)/C=C/c1ccc(OC2CCCOC2)c([N+](=O)[O-])c1. The molecule has 1 N–H and O–H groups in total. The van der Waals surface area contributed by atoms with E-state index in [9.17, 15) is 14.9 Å². The third kappa shape index (κ3) is 4.28. The minimum absolute atomic E-state index is 0.169. The summed E-state index contributed by atoms with van der Waals surface area (Å²) in [6.45, 7) is 1.10. The number of nitro benzene ring substituents is 1.